The highest BCUT2D eigenvalue weighted by Gasteiger charge is 2.28. The Morgan fingerprint density at radius 2 is 1.88 bits per heavy atom. The average molecular weight is 354 g/mol. The second kappa shape index (κ2) is 7.00. The molecule has 0 aliphatic carbocycles. The first-order valence-electron chi connectivity index (χ1n) is 8.84. The SMILES string of the molecule is O=C1CCN(Cc2ccccc2)CC1Cc1c[nH]c2cc(F)c(F)cc12. The van der Waals surface area contributed by atoms with E-state index in [4.69, 9.17) is 0 Å². The van der Waals surface area contributed by atoms with Crippen molar-refractivity contribution < 1.29 is 13.6 Å². The van der Waals surface area contributed by atoms with Crippen LogP contribution in [-0.4, -0.2) is 28.8 Å². The summed E-state index contributed by atoms with van der Waals surface area (Å²) in [6, 6.07) is 12.6. The van der Waals surface area contributed by atoms with Crippen LogP contribution in [0.15, 0.2) is 48.7 Å². The molecule has 0 radical (unpaired) electrons. The van der Waals surface area contributed by atoms with Crippen LogP contribution < -0.4 is 0 Å². The lowest BCUT2D eigenvalue weighted by atomic mass is 9.89. The van der Waals surface area contributed by atoms with Crippen molar-refractivity contribution in [2.75, 3.05) is 13.1 Å². The first-order chi connectivity index (χ1) is 12.6. The lowest BCUT2D eigenvalue weighted by molar-refractivity contribution is -0.126. The number of likely N-dealkylation sites (tertiary alicyclic amines) is 1. The van der Waals surface area contributed by atoms with E-state index in [1.807, 2.05) is 18.2 Å². The summed E-state index contributed by atoms with van der Waals surface area (Å²) < 4.78 is 27.0. The molecule has 2 heterocycles. The number of benzene rings is 2. The molecule has 1 N–H and O–H groups in total. The zero-order chi connectivity index (χ0) is 18.1. The summed E-state index contributed by atoms with van der Waals surface area (Å²) in [5.74, 6) is -1.61. The summed E-state index contributed by atoms with van der Waals surface area (Å²) in [6.45, 7) is 2.26. The van der Waals surface area contributed by atoms with Crippen LogP contribution in [0.2, 0.25) is 0 Å². The van der Waals surface area contributed by atoms with Crippen LogP contribution in [0.25, 0.3) is 10.9 Å². The number of aromatic nitrogens is 1. The second-order valence-electron chi connectivity index (χ2n) is 6.96. The Kier molecular flexibility index (Phi) is 4.55. The van der Waals surface area contributed by atoms with Gasteiger partial charge >= 0.3 is 0 Å². The maximum absolute atomic E-state index is 13.6. The summed E-state index contributed by atoms with van der Waals surface area (Å²) in [5, 5.41) is 0.650. The molecule has 1 aliphatic rings. The zero-order valence-electron chi connectivity index (χ0n) is 14.3. The molecule has 0 spiro atoms. The maximum atomic E-state index is 13.6. The number of rotatable bonds is 4. The number of ketones is 1. The van der Waals surface area contributed by atoms with Crippen LogP contribution in [0.5, 0.6) is 0 Å². The van der Waals surface area contributed by atoms with Gasteiger partial charge in [0.1, 0.15) is 5.78 Å². The number of aromatic amines is 1. The van der Waals surface area contributed by atoms with Gasteiger partial charge in [-0.25, -0.2) is 8.78 Å². The van der Waals surface area contributed by atoms with Crippen LogP contribution in [0, 0.1) is 17.6 Å². The lowest BCUT2D eigenvalue weighted by Gasteiger charge is -2.31. The smallest absolute Gasteiger partial charge is 0.160 e. The van der Waals surface area contributed by atoms with E-state index in [9.17, 15) is 13.6 Å². The van der Waals surface area contributed by atoms with Crippen molar-refractivity contribution in [2.45, 2.75) is 19.4 Å². The van der Waals surface area contributed by atoms with Crippen LogP contribution in [-0.2, 0) is 17.8 Å². The van der Waals surface area contributed by atoms with Gasteiger partial charge in [0.2, 0.25) is 0 Å². The highest BCUT2D eigenvalue weighted by molar-refractivity contribution is 5.86. The Labute approximate surface area is 150 Å². The number of halogens is 2. The Bertz CT molecular complexity index is 936. The highest BCUT2D eigenvalue weighted by Crippen LogP contribution is 2.26. The summed E-state index contributed by atoms with van der Waals surface area (Å²) in [7, 11) is 0. The Hall–Kier alpha value is -2.53. The van der Waals surface area contributed by atoms with Gasteiger partial charge in [-0.2, -0.15) is 0 Å². The number of carbonyl (C=O) groups excluding carboxylic acids is 1. The molecule has 0 amide bonds. The van der Waals surface area contributed by atoms with Gasteiger partial charge in [0.25, 0.3) is 0 Å². The zero-order valence-corrected chi connectivity index (χ0v) is 14.3. The Morgan fingerprint density at radius 3 is 2.69 bits per heavy atom. The van der Waals surface area contributed by atoms with Gasteiger partial charge in [-0.05, 0) is 23.6 Å². The molecule has 2 aromatic carbocycles. The molecule has 134 valence electrons. The van der Waals surface area contributed by atoms with Gasteiger partial charge in [-0.1, -0.05) is 30.3 Å². The van der Waals surface area contributed by atoms with Crippen LogP contribution in [0.4, 0.5) is 8.78 Å². The first-order valence-corrected chi connectivity index (χ1v) is 8.84. The molecule has 0 saturated carbocycles. The van der Waals surface area contributed by atoms with Crippen molar-refractivity contribution in [3.8, 4) is 0 Å². The van der Waals surface area contributed by atoms with Crippen LogP contribution >= 0.6 is 0 Å². The molecule has 1 aromatic heterocycles. The predicted octanol–water partition coefficient (Wildman–Crippen LogP) is 4.08. The third-order valence-electron chi connectivity index (χ3n) is 5.13. The van der Waals surface area contributed by atoms with E-state index >= 15 is 0 Å². The summed E-state index contributed by atoms with van der Waals surface area (Å²) in [4.78, 5) is 17.7. The molecule has 0 bridgehead atoms. The van der Waals surface area contributed by atoms with Gasteiger partial charge in [0, 0.05) is 55.1 Å². The van der Waals surface area contributed by atoms with Crippen LogP contribution in [0.1, 0.15) is 17.5 Å². The first kappa shape index (κ1) is 16.9. The third kappa shape index (κ3) is 3.40. The van der Waals surface area contributed by atoms with Crippen molar-refractivity contribution in [2.24, 2.45) is 5.92 Å². The second-order valence-corrected chi connectivity index (χ2v) is 6.96. The molecular weight excluding hydrogens is 334 g/mol. The normalized spacial score (nSPS) is 18.5. The minimum Gasteiger partial charge on any atom is -0.361 e. The quantitative estimate of drug-likeness (QED) is 0.766. The average Bonchev–Trinajstić information content (AvgIpc) is 3.01. The minimum atomic E-state index is -0.867. The number of H-pyrrole nitrogens is 1. The van der Waals surface area contributed by atoms with Gasteiger partial charge in [0.05, 0.1) is 0 Å². The van der Waals surface area contributed by atoms with Gasteiger partial charge in [0.15, 0.2) is 11.6 Å². The molecular formula is C21H20F2N2O. The van der Waals surface area contributed by atoms with E-state index in [0.717, 1.165) is 18.7 Å². The van der Waals surface area contributed by atoms with E-state index in [1.165, 1.54) is 17.7 Å². The number of fused-ring (bicyclic) bond motifs is 1. The molecule has 3 aromatic rings. The fourth-order valence-electron chi connectivity index (χ4n) is 3.75. The van der Waals surface area contributed by atoms with E-state index in [1.54, 1.807) is 6.20 Å². The highest BCUT2D eigenvalue weighted by atomic mass is 19.2. The molecule has 1 fully saturated rings. The van der Waals surface area contributed by atoms with Crippen molar-refractivity contribution in [1.29, 1.82) is 0 Å². The number of carbonyl (C=O) groups is 1. The van der Waals surface area contributed by atoms with Gasteiger partial charge < -0.3 is 4.98 Å². The topological polar surface area (TPSA) is 36.1 Å². The van der Waals surface area contributed by atoms with E-state index in [0.29, 0.717) is 30.3 Å². The molecule has 1 unspecified atom stereocenters. The third-order valence-corrected chi connectivity index (χ3v) is 5.13. The summed E-state index contributed by atoms with van der Waals surface area (Å²) in [5.41, 5.74) is 2.65. The molecule has 1 aliphatic heterocycles. The molecule has 4 rings (SSSR count). The summed E-state index contributed by atoms with van der Waals surface area (Å²) >= 11 is 0. The predicted molar refractivity (Wildman–Crippen MR) is 96.8 cm³/mol. The number of nitrogens with one attached hydrogen (secondary N) is 1. The molecule has 1 saturated heterocycles. The van der Waals surface area contributed by atoms with Gasteiger partial charge in [-0.3, -0.25) is 9.69 Å². The van der Waals surface area contributed by atoms with Crippen LogP contribution in [0.3, 0.4) is 0 Å². The lowest BCUT2D eigenvalue weighted by Crippen LogP contribution is -2.41. The fraction of sp³-hybridized carbons (Fsp3) is 0.286. The van der Waals surface area contributed by atoms with Crippen molar-refractivity contribution in [3.05, 3.63) is 71.4 Å². The van der Waals surface area contributed by atoms with Crippen molar-refractivity contribution in [1.82, 2.24) is 9.88 Å². The number of Topliss-reactive ketones (excluding diaryl/α,β-unsaturated/α-hetero) is 1. The van der Waals surface area contributed by atoms with E-state index in [-0.39, 0.29) is 11.7 Å². The molecule has 26 heavy (non-hydrogen) atoms. The molecule has 3 nitrogen and oxygen atoms in total. The maximum Gasteiger partial charge on any atom is 0.160 e. The molecule has 1 atom stereocenters. The largest absolute Gasteiger partial charge is 0.361 e. The van der Waals surface area contributed by atoms with E-state index in [2.05, 4.69) is 22.0 Å². The van der Waals surface area contributed by atoms with Gasteiger partial charge in [-0.15, -0.1) is 0 Å². The standard InChI is InChI=1S/C21H20F2N2O/c22-18-9-17-15(11-24-20(17)10-19(18)23)8-16-13-25(7-6-21(16)26)12-14-4-2-1-3-5-14/h1-5,9-11,16,24H,6-8,12-13H2. The van der Waals surface area contributed by atoms with Crippen molar-refractivity contribution >= 4 is 16.7 Å². The monoisotopic (exact) mass is 354 g/mol. The van der Waals surface area contributed by atoms with E-state index < -0.39 is 11.6 Å². The number of nitrogens with zero attached hydrogens (tertiary/aromatic N) is 1. The summed E-state index contributed by atoms with van der Waals surface area (Å²) in [6.07, 6.45) is 2.82. The Balaban J connectivity index is 1.51. The minimum absolute atomic E-state index is 0.125. The van der Waals surface area contributed by atoms with Crippen molar-refractivity contribution in [3.63, 3.8) is 0 Å². The molecule has 5 heteroatoms. The Morgan fingerprint density at radius 1 is 1.12 bits per heavy atom. The number of hydrogen-bond donors (Lipinski definition) is 1. The number of hydrogen-bond acceptors (Lipinski definition) is 2. The number of piperidine rings is 1. The fourth-order valence-corrected chi connectivity index (χ4v) is 3.75.